The van der Waals surface area contributed by atoms with E-state index in [9.17, 15) is 4.79 Å². The summed E-state index contributed by atoms with van der Waals surface area (Å²) in [5, 5.41) is 0. The van der Waals surface area contributed by atoms with Crippen molar-refractivity contribution in [3.05, 3.63) is 22.7 Å². The largest absolute Gasteiger partial charge is 0.327 e. The van der Waals surface area contributed by atoms with Gasteiger partial charge < -0.3 is 0 Å². The van der Waals surface area contributed by atoms with Crippen molar-refractivity contribution < 1.29 is 0 Å². The molecular weight excluding hydrogens is 234 g/mol. The lowest BCUT2D eigenvalue weighted by Gasteiger charge is -2.14. The van der Waals surface area contributed by atoms with Crippen LogP contribution in [0, 0.1) is 0 Å². The minimum Gasteiger partial charge on any atom is -0.290 e. The van der Waals surface area contributed by atoms with E-state index >= 15 is 0 Å². The Kier molecular flexibility index (Phi) is 3.57. The molecule has 92 valence electrons. The second-order valence-corrected chi connectivity index (χ2v) is 4.89. The molecule has 0 fully saturated rings. The van der Waals surface area contributed by atoms with E-state index in [4.69, 9.17) is 0 Å². The van der Waals surface area contributed by atoms with Crippen LogP contribution in [-0.4, -0.2) is 20.8 Å². The monoisotopic (exact) mass is 251 g/mol. The summed E-state index contributed by atoms with van der Waals surface area (Å²) in [6.07, 6.45) is 5.70. The number of imidazole rings is 1. The minimum atomic E-state index is -0.0561. The lowest BCUT2D eigenvalue weighted by Crippen LogP contribution is -2.21. The van der Waals surface area contributed by atoms with Crippen LogP contribution in [0.5, 0.6) is 0 Å². The first-order valence-corrected chi connectivity index (χ1v) is 7.08. The zero-order valence-electron chi connectivity index (χ0n) is 10.4. The van der Waals surface area contributed by atoms with Gasteiger partial charge in [0.2, 0.25) is 0 Å². The molecule has 0 unspecified atom stereocenters. The van der Waals surface area contributed by atoms with Crippen LogP contribution in [0.1, 0.15) is 32.7 Å². The third kappa shape index (κ3) is 2.11. The fourth-order valence-electron chi connectivity index (χ4n) is 2.11. The van der Waals surface area contributed by atoms with Gasteiger partial charge in [0.15, 0.2) is 5.65 Å². The van der Waals surface area contributed by atoms with Crippen LogP contribution in [0.2, 0.25) is 0 Å². The van der Waals surface area contributed by atoms with Crippen molar-refractivity contribution in [2.45, 2.75) is 37.6 Å². The number of hydrogen-bond acceptors (Lipinski definition) is 3. The number of hydrogen-bond donors (Lipinski definition) is 1. The maximum atomic E-state index is 12.0. The molecule has 17 heavy (non-hydrogen) atoms. The Labute approximate surface area is 104 Å². The van der Waals surface area contributed by atoms with Crippen molar-refractivity contribution >= 4 is 22.9 Å². The molecule has 5 heteroatoms. The van der Waals surface area contributed by atoms with E-state index in [-0.39, 0.29) is 11.7 Å². The van der Waals surface area contributed by atoms with Gasteiger partial charge in [0.05, 0.1) is 5.52 Å². The molecular formula is C12H17N3OS. The molecule has 2 aromatic heterocycles. The molecule has 2 aromatic rings. The average molecular weight is 251 g/mol. The van der Waals surface area contributed by atoms with Crippen LogP contribution < -0.4 is 5.69 Å². The first-order valence-electron chi connectivity index (χ1n) is 5.85. The molecule has 0 aromatic carbocycles. The predicted molar refractivity (Wildman–Crippen MR) is 71.8 cm³/mol. The summed E-state index contributed by atoms with van der Waals surface area (Å²) in [6, 6.07) is 2.28. The number of nitrogens with one attached hydrogen (secondary N) is 1. The highest BCUT2D eigenvalue weighted by atomic mass is 32.2. The molecule has 0 bridgehead atoms. The standard InChI is InChI=1S/C12H17N3OS/c1-4-8(5-2)15-10-6-9(17-3)7-13-11(10)14-12(15)16/h6-8H,4-5H2,1-3H3,(H,13,14,16). The molecule has 4 nitrogen and oxygen atoms in total. The third-order valence-corrected chi connectivity index (χ3v) is 3.78. The van der Waals surface area contributed by atoms with Gasteiger partial charge in [0.25, 0.3) is 0 Å². The van der Waals surface area contributed by atoms with Crippen molar-refractivity contribution in [2.75, 3.05) is 6.26 Å². The Morgan fingerprint density at radius 3 is 2.76 bits per heavy atom. The van der Waals surface area contributed by atoms with Crippen LogP contribution in [0.25, 0.3) is 11.2 Å². The number of nitrogens with zero attached hydrogens (tertiary/aromatic N) is 2. The molecule has 0 aliphatic heterocycles. The predicted octanol–water partition coefficient (Wildman–Crippen LogP) is 2.81. The van der Waals surface area contributed by atoms with E-state index in [0.717, 1.165) is 23.3 Å². The summed E-state index contributed by atoms with van der Waals surface area (Å²) in [6.45, 7) is 4.20. The topological polar surface area (TPSA) is 50.7 Å². The molecule has 0 aliphatic carbocycles. The van der Waals surface area contributed by atoms with Crippen molar-refractivity contribution in [3.8, 4) is 0 Å². The summed E-state index contributed by atoms with van der Waals surface area (Å²) in [5.41, 5.74) is 1.54. The highest BCUT2D eigenvalue weighted by molar-refractivity contribution is 7.98. The Morgan fingerprint density at radius 2 is 2.18 bits per heavy atom. The fourth-order valence-corrected chi connectivity index (χ4v) is 2.50. The van der Waals surface area contributed by atoms with Crippen molar-refractivity contribution in [1.29, 1.82) is 0 Å². The zero-order chi connectivity index (χ0) is 12.4. The second-order valence-electron chi connectivity index (χ2n) is 4.01. The zero-order valence-corrected chi connectivity index (χ0v) is 11.2. The number of H-pyrrole nitrogens is 1. The van der Waals surface area contributed by atoms with E-state index < -0.39 is 0 Å². The van der Waals surface area contributed by atoms with Crippen molar-refractivity contribution in [3.63, 3.8) is 0 Å². The molecule has 1 N–H and O–H groups in total. The quantitative estimate of drug-likeness (QED) is 0.850. The van der Waals surface area contributed by atoms with Crippen LogP contribution in [0.4, 0.5) is 0 Å². The summed E-state index contributed by atoms with van der Waals surface area (Å²) in [7, 11) is 0. The first kappa shape index (κ1) is 12.2. The van der Waals surface area contributed by atoms with E-state index in [2.05, 4.69) is 23.8 Å². The normalized spacial score (nSPS) is 11.5. The number of pyridine rings is 1. The van der Waals surface area contributed by atoms with Crippen LogP contribution >= 0.6 is 11.8 Å². The molecule has 0 amide bonds. The van der Waals surface area contributed by atoms with E-state index in [0.29, 0.717) is 5.65 Å². The minimum absolute atomic E-state index is 0.0561. The van der Waals surface area contributed by atoms with Gasteiger partial charge >= 0.3 is 5.69 Å². The summed E-state index contributed by atoms with van der Waals surface area (Å²) in [4.78, 5) is 20.1. The SMILES string of the molecule is CCC(CC)n1c(=O)[nH]c2ncc(SC)cc21. The summed E-state index contributed by atoms with van der Waals surface area (Å²) >= 11 is 1.64. The molecule has 0 saturated heterocycles. The molecule has 0 saturated carbocycles. The smallest absolute Gasteiger partial charge is 0.290 e. The number of fused-ring (bicyclic) bond motifs is 1. The Bertz CT molecular complexity index is 569. The summed E-state index contributed by atoms with van der Waals surface area (Å²) in [5.74, 6) is 0. The van der Waals surface area contributed by atoms with Gasteiger partial charge in [-0.15, -0.1) is 11.8 Å². The first-order chi connectivity index (χ1) is 8.21. The number of rotatable bonds is 4. The van der Waals surface area contributed by atoms with Gasteiger partial charge in [0.1, 0.15) is 0 Å². The molecule has 2 rings (SSSR count). The lowest BCUT2D eigenvalue weighted by molar-refractivity contribution is 0.471. The van der Waals surface area contributed by atoms with Gasteiger partial charge in [-0.1, -0.05) is 13.8 Å². The van der Waals surface area contributed by atoms with Gasteiger partial charge in [-0.3, -0.25) is 9.55 Å². The Balaban J connectivity index is 2.67. The van der Waals surface area contributed by atoms with Gasteiger partial charge in [0, 0.05) is 17.1 Å². The highest BCUT2D eigenvalue weighted by Gasteiger charge is 2.14. The van der Waals surface area contributed by atoms with Gasteiger partial charge in [-0.05, 0) is 25.2 Å². The molecule has 2 heterocycles. The number of aromatic nitrogens is 3. The average Bonchev–Trinajstić information content (AvgIpc) is 2.67. The van der Waals surface area contributed by atoms with Gasteiger partial charge in [-0.2, -0.15) is 0 Å². The molecule has 0 spiro atoms. The van der Waals surface area contributed by atoms with Crippen molar-refractivity contribution in [2.24, 2.45) is 0 Å². The number of aromatic amines is 1. The maximum Gasteiger partial charge on any atom is 0.327 e. The molecule has 0 atom stereocenters. The van der Waals surface area contributed by atoms with Crippen LogP contribution in [0.3, 0.4) is 0 Å². The molecule has 0 aliphatic rings. The van der Waals surface area contributed by atoms with E-state index in [1.165, 1.54) is 0 Å². The second kappa shape index (κ2) is 4.96. The fraction of sp³-hybridized carbons (Fsp3) is 0.500. The molecule has 0 radical (unpaired) electrons. The van der Waals surface area contributed by atoms with Gasteiger partial charge in [-0.25, -0.2) is 9.78 Å². The van der Waals surface area contributed by atoms with E-state index in [1.807, 2.05) is 16.9 Å². The Hall–Kier alpha value is -1.23. The van der Waals surface area contributed by atoms with Crippen LogP contribution in [-0.2, 0) is 0 Å². The van der Waals surface area contributed by atoms with Crippen molar-refractivity contribution in [1.82, 2.24) is 14.5 Å². The Morgan fingerprint density at radius 1 is 1.47 bits per heavy atom. The maximum absolute atomic E-state index is 12.0. The van der Waals surface area contributed by atoms with Crippen LogP contribution in [0.15, 0.2) is 22.0 Å². The number of thioether (sulfide) groups is 1. The lowest BCUT2D eigenvalue weighted by atomic mass is 10.1. The third-order valence-electron chi connectivity index (χ3n) is 3.09. The highest BCUT2D eigenvalue weighted by Crippen LogP contribution is 2.22. The van der Waals surface area contributed by atoms with E-state index in [1.54, 1.807) is 18.0 Å². The summed E-state index contributed by atoms with van der Waals surface area (Å²) < 4.78 is 1.84.